The molecular formula is C9H8O3. The van der Waals surface area contributed by atoms with Crippen molar-refractivity contribution in [2.45, 2.75) is 13.3 Å². The van der Waals surface area contributed by atoms with E-state index in [-0.39, 0.29) is 5.92 Å². The highest BCUT2D eigenvalue weighted by Gasteiger charge is 2.35. The number of ether oxygens (including phenoxy) is 1. The highest BCUT2D eigenvalue weighted by molar-refractivity contribution is 6.13. The first-order chi connectivity index (χ1) is 5.70. The summed E-state index contributed by atoms with van der Waals surface area (Å²) in [6.45, 7) is 1.88. The number of allylic oxidation sites excluding steroid dienone is 2. The SMILES string of the molecule is CC1C=CCC2=C1C(=O)OC2=O. The van der Waals surface area contributed by atoms with Crippen molar-refractivity contribution in [3.8, 4) is 0 Å². The normalized spacial score (nSPS) is 27.6. The van der Waals surface area contributed by atoms with Crippen LogP contribution < -0.4 is 0 Å². The number of rotatable bonds is 0. The van der Waals surface area contributed by atoms with Gasteiger partial charge in [-0.2, -0.15) is 0 Å². The van der Waals surface area contributed by atoms with Gasteiger partial charge in [0.05, 0.1) is 11.1 Å². The van der Waals surface area contributed by atoms with E-state index in [2.05, 4.69) is 4.74 Å². The fourth-order valence-corrected chi connectivity index (χ4v) is 1.57. The number of hydrogen-bond donors (Lipinski definition) is 0. The third kappa shape index (κ3) is 0.826. The van der Waals surface area contributed by atoms with Crippen molar-refractivity contribution in [3.05, 3.63) is 23.3 Å². The van der Waals surface area contributed by atoms with Gasteiger partial charge in [-0.25, -0.2) is 9.59 Å². The minimum Gasteiger partial charge on any atom is -0.386 e. The van der Waals surface area contributed by atoms with Gasteiger partial charge >= 0.3 is 11.9 Å². The summed E-state index contributed by atoms with van der Waals surface area (Å²) in [5.74, 6) is -0.911. The van der Waals surface area contributed by atoms with Crippen LogP contribution in [0.2, 0.25) is 0 Å². The minimum atomic E-state index is -0.466. The van der Waals surface area contributed by atoms with Gasteiger partial charge in [0.25, 0.3) is 0 Å². The molecule has 0 saturated carbocycles. The van der Waals surface area contributed by atoms with Crippen LogP contribution in [0.25, 0.3) is 0 Å². The second kappa shape index (κ2) is 2.30. The summed E-state index contributed by atoms with van der Waals surface area (Å²) in [6, 6.07) is 0. The first-order valence-corrected chi connectivity index (χ1v) is 3.86. The van der Waals surface area contributed by atoms with Crippen molar-refractivity contribution in [2.24, 2.45) is 5.92 Å². The second-order valence-electron chi connectivity index (χ2n) is 2.99. The van der Waals surface area contributed by atoms with E-state index in [4.69, 9.17) is 0 Å². The standard InChI is InChI=1S/C9H8O3/c1-5-3-2-4-6-7(5)9(11)12-8(6)10/h2-3,5H,4H2,1H3. The number of hydrogen-bond acceptors (Lipinski definition) is 3. The molecule has 2 aliphatic rings. The Morgan fingerprint density at radius 1 is 1.42 bits per heavy atom. The Morgan fingerprint density at radius 2 is 2.17 bits per heavy atom. The Hall–Kier alpha value is -1.38. The molecule has 0 saturated heterocycles. The van der Waals surface area contributed by atoms with E-state index >= 15 is 0 Å². The number of cyclic esters (lactones) is 2. The van der Waals surface area contributed by atoms with Crippen LogP contribution in [0.4, 0.5) is 0 Å². The summed E-state index contributed by atoms with van der Waals surface area (Å²) >= 11 is 0. The van der Waals surface area contributed by atoms with Gasteiger partial charge < -0.3 is 4.74 Å². The molecular weight excluding hydrogens is 156 g/mol. The van der Waals surface area contributed by atoms with E-state index in [9.17, 15) is 9.59 Å². The molecule has 12 heavy (non-hydrogen) atoms. The van der Waals surface area contributed by atoms with E-state index < -0.39 is 11.9 Å². The summed E-state index contributed by atoms with van der Waals surface area (Å²) in [7, 11) is 0. The van der Waals surface area contributed by atoms with E-state index in [0.717, 1.165) is 0 Å². The maximum absolute atomic E-state index is 11.1. The summed E-state index contributed by atoms with van der Waals surface area (Å²) in [5, 5.41) is 0. The third-order valence-corrected chi connectivity index (χ3v) is 2.18. The molecule has 2 rings (SSSR count). The van der Waals surface area contributed by atoms with Gasteiger partial charge in [-0.1, -0.05) is 19.1 Å². The molecule has 1 atom stereocenters. The molecule has 0 amide bonds. The second-order valence-corrected chi connectivity index (χ2v) is 2.99. The number of carbonyl (C=O) groups is 2. The van der Waals surface area contributed by atoms with E-state index in [1.165, 1.54) is 0 Å². The smallest absolute Gasteiger partial charge is 0.343 e. The van der Waals surface area contributed by atoms with E-state index in [1.54, 1.807) is 0 Å². The molecule has 0 N–H and O–H groups in total. The Morgan fingerprint density at radius 3 is 2.83 bits per heavy atom. The van der Waals surface area contributed by atoms with Crippen LogP contribution in [-0.4, -0.2) is 11.9 Å². The third-order valence-electron chi connectivity index (χ3n) is 2.18. The lowest BCUT2D eigenvalue weighted by molar-refractivity contribution is -0.151. The predicted molar refractivity (Wildman–Crippen MR) is 41.0 cm³/mol. The van der Waals surface area contributed by atoms with Gasteiger partial charge in [-0.15, -0.1) is 0 Å². The zero-order chi connectivity index (χ0) is 8.72. The molecule has 62 valence electrons. The highest BCUT2D eigenvalue weighted by atomic mass is 16.6. The molecule has 0 radical (unpaired) electrons. The largest absolute Gasteiger partial charge is 0.386 e. The summed E-state index contributed by atoms with van der Waals surface area (Å²) in [6.07, 6.45) is 4.34. The number of carbonyl (C=O) groups excluding carboxylic acids is 2. The zero-order valence-electron chi connectivity index (χ0n) is 6.66. The van der Waals surface area contributed by atoms with Gasteiger partial charge in [-0.05, 0) is 6.42 Å². The van der Waals surface area contributed by atoms with Crippen LogP contribution in [0, 0.1) is 5.92 Å². The maximum atomic E-state index is 11.1. The lowest BCUT2D eigenvalue weighted by Crippen LogP contribution is -2.08. The fourth-order valence-electron chi connectivity index (χ4n) is 1.57. The van der Waals surface area contributed by atoms with Crippen molar-refractivity contribution in [1.82, 2.24) is 0 Å². The van der Waals surface area contributed by atoms with Crippen molar-refractivity contribution in [1.29, 1.82) is 0 Å². The molecule has 0 spiro atoms. The molecule has 3 nitrogen and oxygen atoms in total. The zero-order valence-corrected chi connectivity index (χ0v) is 6.66. The highest BCUT2D eigenvalue weighted by Crippen LogP contribution is 2.31. The lowest BCUT2D eigenvalue weighted by Gasteiger charge is -2.09. The van der Waals surface area contributed by atoms with E-state index in [0.29, 0.717) is 17.6 Å². The molecule has 1 heterocycles. The Kier molecular flexibility index (Phi) is 1.40. The van der Waals surface area contributed by atoms with Crippen molar-refractivity contribution in [3.63, 3.8) is 0 Å². The number of esters is 2. The molecule has 0 aromatic heterocycles. The minimum absolute atomic E-state index is 0.0210. The van der Waals surface area contributed by atoms with Crippen LogP contribution in [0.5, 0.6) is 0 Å². The Labute approximate surface area is 69.7 Å². The molecule has 3 heteroatoms. The first-order valence-electron chi connectivity index (χ1n) is 3.86. The van der Waals surface area contributed by atoms with Gasteiger partial charge in [-0.3, -0.25) is 0 Å². The molecule has 0 aromatic carbocycles. The Balaban J connectivity index is 2.47. The first kappa shape index (κ1) is 7.28. The molecule has 1 aliphatic carbocycles. The molecule has 0 fully saturated rings. The summed E-state index contributed by atoms with van der Waals surface area (Å²) in [5.41, 5.74) is 1.08. The van der Waals surface area contributed by atoms with Crippen LogP contribution in [-0.2, 0) is 14.3 Å². The molecule has 0 aromatic rings. The van der Waals surface area contributed by atoms with Crippen molar-refractivity contribution < 1.29 is 14.3 Å². The monoisotopic (exact) mass is 164 g/mol. The van der Waals surface area contributed by atoms with Crippen LogP contribution in [0.3, 0.4) is 0 Å². The van der Waals surface area contributed by atoms with Gasteiger partial charge in [0.2, 0.25) is 0 Å². The lowest BCUT2D eigenvalue weighted by atomic mass is 9.90. The molecule has 1 aliphatic heterocycles. The van der Waals surface area contributed by atoms with Crippen LogP contribution in [0.15, 0.2) is 23.3 Å². The average Bonchev–Trinajstić information content (AvgIpc) is 2.29. The molecule has 1 unspecified atom stereocenters. The summed E-state index contributed by atoms with van der Waals surface area (Å²) < 4.78 is 4.49. The topological polar surface area (TPSA) is 43.4 Å². The fraction of sp³-hybridized carbons (Fsp3) is 0.333. The van der Waals surface area contributed by atoms with Crippen LogP contribution in [0.1, 0.15) is 13.3 Å². The van der Waals surface area contributed by atoms with E-state index in [1.807, 2.05) is 19.1 Å². The van der Waals surface area contributed by atoms with Gasteiger partial charge in [0, 0.05) is 5.92 Å². The van der Waals surface area contributed by atoms with Gasteiger partial charge in [0.1, 0.15) is 0 Å². The Bertz CT molecular complexity index is 323. The van der Waals surface area contributed by atoms with Crippen LogP contribution >= 0.6 is 0 Å². The summed E-state index contributed by atoms with van der Waals surface area (Å²) in [4.78, 5) is 22.1. The predicted octanol–water partition coefficient (Wildman–Crippen LogP) is 0.962. The quantitative estimate of drug-likeness (QED) is 0.304. The van der Waals surface area contributed by atoms with Gasteiger partial charge in [0.15, 0.2) is 0 Å². The van der Waals surface area contributed by atoms with Crippen molar-refractivity contribution in [2.75, 3.05) is 0 Å². The van der Waals surface area contributed by atoms with Crippen molar-refractivity contribution >= 4 is 11.9 Å². The average molecular weight is 164 g/mol. The molecule has 0 bridgehead atoms. The maximum Gasteiger partial charge on any atom is 0.343 e.